The highest BCUT2D eigenvalue weighted by Gasteiger charge is 2.28. The van der Waals surface area contributed by atoms with Crippen molar-refractivity contribution in [3.63, 3.8) is 0 Å². The number of rotatable bonds is 7. The number of aliphatic carboxylic acids is 2. The second kappa shape index (κ2) is 7.93. The Balaban J connectivity index is 1.88. The third kappa shape index (κ3) is 4.02. The van der Waals surface area contributed by atoms with Gasteiger partial charge in [0.25, 0.3) is 5.91 Å². The molecule has 4 N–H and O–H groups in total. The number of likely N-dealkylation sites (N-methyl/N-ethyl adjacent to an activating group) is 1. The molecule has 3 rings (SSSR count). The van der Waals surface area contributed by atoms with Crippen molar-refractivity contribution in [2.24, 2.45) is 0 Å². The van der Waals surface area contributed by atoms with Crippen LogP contribution in [0, 0.1) is 0 Å². The van der Waals surface area contributed by atoms with Crippen LogP contribution in [-0.2, 0) is 9.59 Å². The van der Waals surface area contributed by atoms with E-state index in [4.69, 9.17) is 5.11 Å². The Morgan fingerprint density at radius 1 is 1.11 bits per heavy atom. The molecule has 28 heavy (non-hydrogen) atoms. The lowest BCUT2D eigenvalue weighted by Crippen LogP contribution is -2.34. The van der Waals surface area contributed by atoms with E-state index in [2.05, 4.69) is 10.3 Å². The number of aromatic nitrogens is 1. The van der Waals surface area contributed by atoms with Crippen molar-refractivity contribution < 1.29 is 24.6 Å². The van der Waals surface area contributed by atoms with Gasteiger partial charge in [-0.2, -0.15) is 0 Å². The maximum absolute atomic E-state index is 12.3. The summed E-state index contributed by atoms with van der Waals surface area (Å²) in [6, 6.07) is 12.7. The van der Waals surface area contributed by atoms with Crippen LogP contribution in [0.25, 0.3) is 10.9 Å². The van der Waals surface area contributed by atoms with E-state index in [1.807, 2.05) is 6.07 Å². The number of carbonyl (C=O) groups excluding carboxylic acids is 1. The van der Waals surface area contributed by atoms with E-state index < -0.39 is 24.5 Å². The Kier molecular flexibility index (Phi) is 5.42. The lowest BCUT2D eigenvalue weighted by molar-refractivity contribution is -0.145. The number of nitrogens with one attached hydrogen (secondary N) is 2. The fourth-order valence-electron chi connectivity index (χ4n) is 3.11. The van der Waals surface area contributed by atoms with E-state index in [1.165, 1.54) is 11.9 Å². The highest BCUT2D eigenvalue weighted by molar-refractivity contribution is 6.05. The first-order valence-corrected chi connectivity index (χ1v) is 8.49. The number of benzene rings is 2. The summed E-state index contributed by atoms with van der Waals surface area (Å²) >= 11 is 0. The number of amides is 1. The van der Waals surface area contributed by atoms with Crippen molar-refractivity contribution in [1.82, 2.24) is 9.88 Å². The van der Waals surface area contributed by atoms with Gasteiger partial charge < -0.3 is 20.5 Å². The maximum Gasteiger partial charge on any atom is 0.325 e. The van der Waals surface area contributed by atoms with Gasteiger partial charge in [-0.15, -0.1) is 0 Å². The third-order valence-electron chi connectivity index (χ3n) is 4.36. The summed E-state index contributed by atoms with van der Waals surface area (Å²) in [7, 11) is 1.44. The van der Waals surface area contributed by atoms with E-state index in [0.29, 0.717) is 27.7 Å². The van der Waals surface area contributed by atoms with Crippen molar-refractivity contribution in [3.8, 4) is 0 Å². The van der Waals surface area contributed by atoms with Crippen LogP contribution in [0.15, 0.2) is 54.7 Å². The number of carboxylic acid groups (broad SMARTS) is 2. The molecule has 0 aliphatic rings. The predicted molar refractivity (Wildman–Crippen MR) is 103 cm³/mol. The minimum Gasteiger partial charge on any atom is -0.480 e. The second-order valence-corrected chi connectivity index (χ2v) is 6.37. The molecule has 0 radical (unpaired) electrons. The van der Waals surface area contributed by atoms with Gasteiger partial charge in [-0.25, -0.2) is 0 Å². The minimum atomic E-state index is -1.15. The maximum atomic E-state index is 12.3. The molecule has 3 aromatic rings. The van der Waals surface area contributed by atoms with E-state index >= 15 is 0 Å². The van der Waals surface area contributed by atoms with Crippen molar-refractivity contribution in [3.05, 3.63) is 65.9 Å². The van der Waals surface area contributed by atoms with E-state index in [9.17, 15) is 19.5 Å². The van der Waals surface area contributed by atoms with Crippen molar-refractivity contribution >= 4 is 34.4 Å². The summed E-state index contributed by atoms with van der Waals surface area (Å²) in [5.41, 5.74) is 2.17. The minimum absolute atomic E-state index is 0.253. The SMILES string of the molecule is CN(CC(=O)O)[C@@H](C(=O)O)c1c[nH]c2cc(NC(=O)c3ccccc3)ccc12. The highest BCUT2D eigenvalue weighted by Crippen LogP contribution is 2.29. The first-order valence-electron chi connectivity index (χ1n) is 8.49. The molecule has 0 unspecified atom stereocenters. The van der Waals surface area contributed by atoms with Crippen LogP contribution < -0.4 is 5.32 Å². The summed E-state index contributed by atoms with van der Waals surface area (Å²) in [4.78, 5) is 39.2. The number of H-pyrrole nitrogens is 1. The number of nitrogens with zero attached hydrogens (tertiary/aromatic N) is 1. The first kappa shape index (κ1) is 19.1. The molecular weight excluding hydrogens is 362 g/mol. The van der Waals surface area contributed by atoms with Gasteiger partial charge in [0.15, 0.2) is 0 Å². The molecular formula is C20H19N3O5. The van der Waals surface area contributed by atoms with Crippen molar-refractivity contribution in [2.75, 3.05) is 18.9 Å². The summed E-state index contributed by atoms with van der Waals surface area (Å²) in [5, 5.41) is 22.0. The molecule has 0 aliphatic heterocycles. The van der Waals surface area contributed by atoms with Gasteiger partial charge in [0.05, 0.1) is 6.54 Å². The monoisotopic (exact) mass is 381 g/mol. The summed E-state index contributed by atoms with van der Waals surface area (Å²) in [5.74, 6) is -2.51. The Labute approximate surface area is 160 Å². The van der Waals surface area contributed by atoms with Crippen LogP contribution in [0.5, 0.6) is 0 Å². The average molecular weight is 381 g/mol. The first-order chi connectivity index (χ1) is 13.4. The number of anilines is 1. The Bertz CT molecular complexity index is 1030. The van der Waals surface area contributed by atoms with Gasteiger partial charge in [0, 0.05) is 33.9 Å². The van der Waals surface area contributed by atoms with Gasteiger partial charge in [0.1, 0.15) is 6.04 Å². The molecule has 0 saturated carbocycles. The zero-order valence-corrected chi connectivity index (χ0v) is 15.0. The molecule has 144 valence electrons. The van der Waals surface area contributed by atoms with Gasteiger partial charge in [0.2, 0.25) is 0 Å². The molecule has 0 fully saturated rings. The van der Waals surface area contributed by atoms with Crippen molar-refractivity contribution in [2.45, 2.75) is 6.04 Å². The Morgan fingerprint density at radius 2 is 1.82 bits per heavy atom. The fourth-order valence-corrected chi connectivity index (χ4v) is 3.11. The number of hydrogen-bond acceptors (Lipinski definition) is 4. The molecule has 1 aromatic heterocycles. The summed E-state index contributed by atoms with van der Waals surface area (Å²) in [6.45, 7) is -0.408. The number of fused-ring (bicyclic) bond motifs is 1. The quantitative estimate of drug-likeness (QED) is 0.499. The lowest BCUT2D eigenvalue weighted by Gasteiger charge is -2.22. The standard InChI is InChI=1S/C20H19N3O5/c1-23(11-17(24)25)18(20(27)28)15-10-21-16-9-13(7-8-14(15)16)22-19(26)12-5-3-2-4-6-12/h2-10,18,21H,11H2,1H3,(H,22,26)(H,24,25)(H,27,28)/t18-/m1/s1. The molecule has 1 amide bonds. The van der Waals surface area contributed by atoms with Crippen LogP contribution in [0.1, 0.15) is 22.0 Å². The highest BCUT2D eigenvalue weighted by atomic mass is 16.4. The van der Waals surface area contributed by atoms with Gasteiger partial charge in [-0.3, -0.25) is 19.3 Å². The Morgan fingerprint density at radius 3 is 2.46 bits per heavy atom. The molecule has 0 spiro atoms. The van der Waals surface area contributed by atoms with Crippen molar-refractivity contribution in [1.29, 1.82) is 0 Å². The lowest BCUT2D eigenvalue weighted by atomic mass is 10.0. The largest absolute Gasteiger partial charge is 0.480 e. The summed E-state index contributed by atoms with van der Waals surface area (Å²) in [6.07, 6.45) is 1.55. The van der Waals surface area contributed by atoms with E-state index in [1.54, 1.807) is 48.7 Å². The number of hydrogen-bond donors (Lipinski definition) is 4. The Hall–Kier alpha value is -3.65. The van der Waals surface area contributed by atoms with Crippen LogP contribution in [-0.4, -0.2) is 51.5 Å². The molecule has 0 saturated heterocycles. The van der Waals surface area contributed by atoms with Gasteiger partial charge in [-0.1, -0.05) is 24.3 Å². The zero-order valence-electron chi connectivity index (χ0n) is 15.0. The van der Waals surface area contributed by atoms with E-state index in [0.717, 1.165) is 0 Å². The second-order valence-electron chi connectivity index (χ2n) is 6.37. The summed E-state index contributed by atoms with van der Waals surface area (Å²) < 4.78 is 0. The normalized spacial score (nSPS) is 12.1. The molecule has 8 nitrogen and oxygen atoms in total. The molecule has 2 aromatic carbocycles. The number of carbonyl (C=O) groups is 3. The molecule has 1 atom stereocenters. The van der Waals surface area contributed by atoms with Gasteiger partial charge in [-0.05, 0) is 31.3 Å². The molecule has 0 bridgehead atoms. The average Bonchev–Trinajstić information content (AvgIpc) is 3.04. The van der Waals surface area contributed by atoms with Gasteiger partial charge >= 0.3 is 11.9 Å². The molecule has 8 heteroatoms. The number of carboxylic acids is 2. The predicted octanol–water partition coefficient (Wildman–Crippen LogP) is 2.56. The topological polar surface area (TPSA) is 123 Å². The van der Waals surface area contributed by atoms with Crippen LogP contribution in [0.4, 0.5) is 5.69 Å². The van der Waals surface area contributed by atoms with Crippen LogP contribution in [0.2, 0.25) is 0 Å². The molecule has 0 aliphatic carbocycles. The third-order valence-corrected chi connectivity index (χ3v) is 4.36. The van der Waals surface area contributed by atoms with Crippen LogP contribution >= 0.6 is 0 Å². The smallest absolute Gasteiger partial charge is 0.325 e. The molecule has 1 heterocycles. The fraction of sp³-hybridized carbons (Fsp3) is 0.150. The zero-order chi connectivity index (χ0) is 20.3. The van der Waals surface area contributed by atoms with E-state index in [-0.39, 0.29) is 5.91 Å². The van der Waals surface area contributed by atoms with Crippen LogP contribution in [0.3, 0.4) is 0 Å². The number of aromatic amines is 1.